The molecule has 0 spiro atoms. The third-order valence-electron chi connectivity index (χ3n) is 1.95. The number of aryl methyl sites for hydroxylation is 1. The van der Waals surface area contributed by atoms with E-state index in [2.05, 4.69) is 15.5 Å². The van der Waals surface area contributed by atoms with Gasteiger partial charge in [-0.3, -0.25) is 5.43 Å². The molecule has 0 amide bonds. The van der Waals surface area contributed by atoms with Crippen LogP contribution in [-0.4, -0.2) is 11.2 Å². The summed E-state index contributed by atoms with van der Waals surface area (Å²) in [6.07, 6.45) is 1.39. The number of benzene rings is 1. The van der Waals surface area contributed by atoms with Crippen LogP contribution in [0.25, 0.3) is 0 Å². The molecule has 17 heavy (non-hydrogen) atoms. The van der Waals surface area contributed by atoms with Crippen molar-refractivity contribution in [3.8, 4) is 0 Å². The minimum Gasteiger partial charge on any atom is -0.253 e. The number of nitrogens with one attached hydrogen (secondary N) is 1. The van der Waals surface area contributed by atoms with Crippen LogP contribution in [0, 0.1) is 12.7 Å². The highest BCUT2D eigenvalue weighted by atomic mass is 35.5. The zero-order chi connectivity index (χ0) is 12.3. The van der Waals surface area contributed by atoms with E-state index in [-0.39, 0.29) is 0 Å². The van der Waals surface area contributed by atoms with Gasteiger partial charge in [-0.25, -0.2) is 9.37 Å². The summed E-state index contributed by atoms with van der Waals surface area (Å²) in [7, 11) is 0. The summed E-state index contributed by atoms with van der Waals surface area (Å²) in [5, 5.41) is 6.85. The first-order valence-electron chi connectivity index (χ1n) is 4.81. The number of hydrogen-bond donors (Lipinski definition) is 1. The highest BCUT2D eigenvalue weighted by Gasteiger charge is 2.00. The van der Waals surface area contributed by atoms with Gasteiger partial charge in [0.2, 0.25) is 5.13 Å². The summed E-state index contributed by atoms with van der Waals surface area (Å²) < 4.78 is 13.4. The lowest BCUT2D eigenvalue weighted by molar-refractivity contribution is 0.626. The molecule has 0 aliphatic carbocycles. The van der Waals surface area contributed by atoms with E-state index in [9.17, 15) is 4.39 Å². The Bertz CT molecular complexity index is 553. The molecule has 3 nitrogen and oxygen atoms in total. The number of anilines is 1. The Labute approximate surface area is 107 Å². The molecule has 0 radical (unpaired) electrons. The van der Waals surface area contributed by atoms with E-state index in [1.165, 1.54) is 23.6 Å². The minimum atomic E-state index is -0.404. The van der Waals surface area contributed by atoms with E-state index in [1.807, 2.05) is 12.3 Å². The Kier molecular flexibility index (Phi) is 3.71. The average molecular weight is 270 g/mol. The minimum absolute atomic E-state index is 0.364. The van der Waals surface area contributed by atoms with Crippen LogP contribution in [0.2, 0.25) is 5.02 Å². The maximum absolute atomic E-state index is 13.4. The lowest BCUT2D eigenvalue weighted by atomic mass is 10.2. The van der Waals surface area contributed by atoms with Gasteiger partial charge < -0.3 is 0 Å². The van der Waals surface area contributed by atoms with Crippen LogP contribution in [0.5, 0.6) is 0 Å². The van der Waals surface area contributed by atoms with Crippen LogP contribution in [0.1, 0.15) is 11.3 Å². The molecule has 1 aromatic heterocycles. The zero-order valence-corrected chi connectivity index (χ0v) is 10.5. The number of hydrazone groups is 1. The molecule has 1 heterocycles. The van der Waals surface area contributed by atoms with Crippen molar-refractivity contribution in [3.05, 3.63) is 45.7 Å². The van der Waals surface area contributed by atoms with E-state index in [1.54, 1.807) is 12.1 Å². The van der Waals surface area contributed by atoms with Crippen LogP contribution in [0.3, 0.4) is 0 Å². The number of rotatable bonds is 3. The molecule has 0 atom stereocenters. The summed E-state index contributed by atoms with van der Waals surface area (Å²) in [5.74, 6) is -0.404. The van der Waals surface area contributed by atoms with E-state index < -0.39 is 5.82 Å². The second-order valence-electron chi connectivity index (χ2n) is 3.33. The van der Waals surface area contributed by atoms with Crippen LogP contribution in [0.4, 0.5) is 9.52 Å². The first-order valence-corrected chi connectivity index (χ1v) is 6.07. The fourth-order valence-corrected chi connectivity index (χ4v) is 1.96. The van der Waals surface area contributed by atoms with Crippen molar-refractivity contribution in [1.29, 1.82) is 0 Å². The molecule has 2 aromatic rings. The second-order valence-corrected chi connectivity index (χ2v) is 4.62. The van der Waals surface area contributed by atoms with Crippen molar-refractivity contribution in [2.75, 3.05) is 5.43 Å². The quantitative estimate of drug-likeness (QED) is 0.682. The Morgan fingerprint density at radius 2 is 2.35 bits per heavy atom. The largest absolute Gasteiger partial charge is 0.253 e. The number of hydrogen-bond acceptors (Lipinski definition) is 4. The lowest BCUT2D eigenvalue weighted by Gasteiger charge is -1.97. The van der Waals surface area contributed by atoms with Crippen LogP contribution >= 0.6 is 22.9 Å². The van der Waals surface area contributed by atoms with Crippen LogP contribution in [0.15, 0.2) is 28.7 Å². The van der Waals surface area contributed by atoms with Crippen LogP contribution in [-0.2, 0) is 0 Å². The SMILES string of the molecule is Cc1csc(NN=Cc2ccc(Cl)cc2F)n1. The Morgan fingerprint density at radius 3 is 3.00 bits per heavy atom. The number of aromatic nitrogens is 1. The summed E-state index contributed by atoms with van der Waals surface area (Å²) >= 11 is 7.08. The summed E-state index contributed by atoms with van der Waals surface area (Å²) in [6, 6.07) is 4.42. The zero-order valence-electron chi connectivity index (χ0n) is 8.95. The predicted octanol–water partition coefficient (Wildman–Crippen LogP) is 3.69. The monoisotopic (exact) mass is 269 g/mol. The van der Waals surface area contributed by atoms with E-state index in [4.69, 9.17) is 11.6 Å². The third kappa shape index (κ3) is 3.25. The molecule has 1 aromatic carbocycles. The van der Waals surface area contributed by atoms with E-state index in [0.717, 1.165) is 5.69 Å². The number of thiazole rings is 1. The predicted molar refractivity (Wildman–Crippen MR) is 69.5 cm³/mol. The van der Waals surface area contributed by atoms with Gasteiger partial charge in [-0.15, -0.1) is 11.3 Å². The second kappa shape index (κ2) is 5.25. The smallest absolute Gasteiger partial charge is 0.203 e. The third-order valence-corrected chi connectivity index (χ3v) is 3.05. The normalized spacial score (nSPS) is 11.0. The highest BCUT2D eigenvalue weighted by Crippen LogP contribution is 2.15. The molecule has 2 rings (SSSR count). The maximum Gasteiger partial charge on any atom is 0.203 e. The van der Waals surface area contributed by atoms with Gasteiger partial charge in [-0.2, -0.15) is 5.10 Å². The molecule has 0 aliphatic rings. The highest BCUT2D eigenvalue weighted by molar-refractivity contribution is 7.13. The fourth-order valence-electron chi connectivity index (χ4n) is 1.17. The fraction of sp³-hybridized carbons (Fsp3) is 0.0909. The molecule has 0 aliphatic heterocycles. The van der Waals surface area contributed by atoms with E-state index >= 15 is 0 Å². The van der Waals surface area contributed by atoms with Crippen molar-refractivity contribution in [1.82, 2.24) is 4.98 Å². The molecule has 88 valence electrons. The lowest BCUT2D eigenvalue weighted by Crippen LogP contribution is -1.92. The van der Waals surface area contributed by atoms with Gasteiger partial charge in [-0.05, 0) is 25.1 Å². The van der Waals surface area contributed by atoms with E-state index in [0.29, 0.717) is 15.7 Å². The topological polar surface area (TPSA) is 37.3 Å². The van der Waals surface area contributed by atoms with Crippen molar-refractivity contribution in [2.45, 2.75) is 6.92 Å². The van der Waals surface area contributed by atoms with Gasteiger partial charge in [0, 0.05) is 16.0 Å². The van der Waals surface area contributed by atoms with Crippen molar-refractivity contribution in [2.24, 2.45) is 5.10 Å². The molecule has 6 heteroatoms. The van der Waals surface area contributed by atoms with Gasteiger partial charge in [0.25, 0.3) is 0 Å². The molecule has 0 saturated heterocycles. The van der Waals surface area contributed by atoms with Crippen LogP contribution < -0.4 is 5.43 Å². The molecular weight excluding hydrogens is 261 g/mol. The Hall–Kier alpha value is -1.46. The summed E-state index contributed by atoms with van der Waals surface area (Å²) in [4.78, 5) is 4.16. The van der Waals surface area contributed by atoms with Gasteiger partial charge in [0.05, 0.1) is 11.9 Å². The first-order chi connectivity index (χ1) is 8.15. The van der Waals surface area contributed by atoms with Gasteiger partial charge in [0.15, 0.2) is 0 Å². The molecule has 0 unspecified atom stereocenters. The number of halogens is 2. The maximum atomic E-state index is 13.4. The first kappa shape index (κ1) is 12.0. The summed E-state index contributed by atoms with van der Waals surface area (Å²) in [6.45, 7) is 1.89. The average Bonchev–Trinajstić information content (AvgIpc) is 2.68. The number of nitrogens with zero attached hydrogens (tertiary/aromatic N) is 2. The molecular formula is C11H9ClFN3S. The standard InChI is InChI=1S/C11H9ClFN3S/c1-7-6-17-11(15-7)16-14-5-8-2-3-9(12)4-10(8)13/h2-6H,1H3,(H,15,16). The summed E-state index contributed by atoms with van der Waals surface area (Å²) in [5.41, 5.74) is 4.03. The molecule has 0 bridgehead atoms. The molecule has 1 N–H and O–H groups in total. The van der Waals surface area contributed by atoms with Crippen molar-refractivity contribution in [3.63, 3.8) is 0 Å². The van der Waals surface area contributed by atoms with Gasteiger partial charge >= 0.3 is 0 Å². The molecule has 0 saturated carbocycles. The van der Waals surface area contributed by atoms with Crippen molar-refractivity contribution >= 4 is 34.3 Å². The Balaban J connectivity index is 2.05. The Morgan fingerprint density at radius 1 is 1.53 bits per heavy atom. The van der Waals surface area contributed by atoms with Gasteiger partial charge in [0.1, 0.15) is 5.82 Å². The van der Waals surface area contributed by atoms with Gasteiger partial charge in [-0.1, -0.05) is 11.6 Å². The van der Waals surface area contributed by atoms with Crippen molar-refractivity contribution < 1.29 is 4.39 Å². The molecule has 0 fully saturated rings.